The molecule has 0 aliphatic heterocycles. The van der Waals surface area contributed by atoms with Crippen LogP contribution in [0.15, 0.2) is 113 Å². The van der Waals surface area contributed by atoms with E-state index in [1.165, 1.54) is 66.7 Å². The van der Waals surface area contributed by atoms with Crippen LogP contribution in [0, 0.1) is 42.0 Å². The number of aryl methyl sites for hydroxylation is 2. The molecule has 284 valence electrons. The summed E-state index contributed by atoms with van der Waals surface area (Å²) in [6.07, 6.45) is 0. The van der Waals surface area contributed by atoms with Gasteiger partial charge < -0.3 is 14.6 Å². The number of halogens is 6. The number of aromatic hydroxyl groups is 1. The molecule has 0 radical (unpaired) electrons. The van der Waals surface area contributed by atoms with Crippen molar-refractivity contribution in [2.45, 2.75) is 23.6 Å². The van der Waals surface area contributed by atoms with Crippen LogP contribution in [0.1, 0.15) is 11.1 Å². The summed E-state index contributed by atoms with van der Waals surface area (Å²) in [5.74, 6) is 0.445. The minimum Gasteiger partial charge on any atom is -0.507 e. The molecule has 0 aliphatic carbocycles. The number of phenols is 1. The predicted molar refractivity (Wildman–Crippen MR) is 219 cm³/mol. The molecule has 0 aliphatic rings. The quantitative estimate of drug-likeness (QED) is 0.0740. The molecular weight excluding hydrogens is 1080 g/mol. The maximum absolute atomic E-state index is 12.9. The van der Waals surface area contributed by atoms with Crippen molar-refractivity contribution in [2.24, 2.45) is 0 Å². The fraction of sp³-hybridized carbons (Fsp3) is 0.167. The van der Waals surface area contributed by atoms with Crippen LogP contribution in [0.25, 0.3) is 0 Å². The van der Waals surface area contributed by atoms with Gasteiger partial charge in [0.2, 0.25) is 0 Å². The third kappa shape index (κ3) is 15.5. The Morgan fingerprint density at radius 2 is 0.849 bits per heavy atom. The highest BCUT2D eigenvalue weighted by molar-refractivity contribution is 14.1. The van der Waals surface area contributed by atoms with Crippen molar-refractivity contribution in [1.82, 2.24) is 0 Å². The first-order chi connectivity index (χ1) is 25.0. The van der Waals surface area contributed by atoms with E-state index < -0.39 is 33.5 Å². The Morgan fingerprint density at radius 1 is 0.509 bits per heavy atom. The number of hydrogen-bond donors (Lipinski definition) is 1. The van der Waals surface area contributed by atoms with E-state index in [1.54, 1.807) is 36.4 Å². The van der Waals surface area contributed by atoms with Crippen LogP contribution in [-0.4, -0.2) is 48.4 Å². The van der Waals surface area contributed by atoms with Crippen LogP contribution < -0.4 is 9.47 Å². The Labute approximate surface area is 347 Å². The van der Waals surface area contributed by atoms with Gasteiger partial charge in [0.15, 0.2) is 0 Å². The van der Waals surface area contributed by atoms with Crippen LogP contribution in [0.3, 0.4) is 0 Å². The lowest BCUT2D eigenvalue weighted by Crippen LogP contribution is -2.15. The first-order valence-corrected chi connectivity index (χ1v) is 21.2. The van der Waals surface area contributed by atoms with E-state index in [9.17, 15) is 30.0 Å². The fourth-order valence-electron chi connectivity index (χ4n) is 3.80. The van der Waals surface area contributed by atoms with E-state index in [4.69, 9.17) is 22.9 Å². The Hall–Kier alpha value is -2.70. The monoisotopic (exact) mass is 1110 g/mol. The molecule has 0 fully saturated rings. The molecule has 53 heavy (non-hydrogen) atoms. The molecule has 0 saturated carbocycles. The minimum absolute atomic E-state index is 0.00879. The molecule has 0 spiro atoms. The van der Waals surface area contributed by atoms with Crippen molar-refractivity contribution in [3.05, 3.63) is 142 Å². The topological polar surface area (TPSA) is 125 Å². The molecule has 9 nitrogen and oxygen atoms in total. The van der Waals surface area contributed by atoms with Gasteiger partial charge in [-0.3, -0.25) is 8.37 Å². The molecule has 1 N–H and O–H groups in total. The van der Waals surface area contributed by atoms with Crippen molar-refractivity contribution in [3.63, 3.8) is 0 Å². The standard InChI is InChI=1S/C16H18O6S2.C14H10F2I2O2.C6H4FIO/c1-13-3-7-15(8-4-13)23(17,18)21-11-12-22-24(19,20)16-9-5-14(2)6-10-16;15-9-1-3-13(11(17)7-9)19-5-6-20-14-4-2-10(16)8-12(14)18;7-4-1-2-6(9)5(8)3-4/h3-10H,11-12H2,1-2H3;1-4,7-8H,5-6H2;1-3,9H. The zero-order valence-electron chi connectivity index (χ0n) is 27.9. The molecule has 0 saturated heterocycles. The zero-order chi connectivity index (χ0) is 39.2. The van der Waals surface area contributed by atoms with Gasteiger partial charge in [0, 0.05) is 0 Å². The van der Waals surface area contributed by atoms with E-state index in [0.29, 0.717) is 35.4 Å². The lowest BCUT2D eigenvalue weighted by molar-refractivity contribution is 0.215. The summed E-state index contributed by atoms with van der Waals surface area (Å²) in [6.45, 7) is 3.52. The summed E-state index contributed by atoms with van der Waals surface area (Å²) in [7, 11) is -7.88. The SMILES string of the molecule is Cc1ccc(S(=O)(=O)OCCOS(=O)(=O)c2ccc(C)cc2)cc1.Fc1ccc(OCCOc2ccc(F)cc2I)c(I)c1.Oc1ccc(F)cc1I. The molecule has 5 rings (SSSR count). The molecule has 5 aromatic rings. The first-order valence-electron chi connectivity index (χ1n) is 15.2. The molecule has 0 amide bonds. The molecular formula is C36H32F3I3O9S2. The van der Waals surface area contributed by atoms with E-state index in [-0.39, 0.29) is 33.0 Å². The number of phenolic OH excluding ortho intramolecular Hbond substituents is 1. The smallest absolute Gasteiger partial charge is 0.297 e. The van der Waals surface area contributed by atoms with E-state index >= 15 is 0 Å². The summed E-state index contributed by atoms with van der Waals surface area (Å²) in [6, 6.07) is 24.8. The predicted octanol–water partition coefficient (Wildman–Crippen LogP) is 9.18. The highest BCUT2D eigenvalue weighted by Gasteiger charge is 2.18. The van der Waals surface area contributed by atoms with Crippen molar-refractivity contribution in [2.75, 3.05) is 26.4 Å². The Balaban J connectivity index is 0.000000234. The van der Waals surface area contributed by atoms with Crippen LogP contribution in [0.2, 0.25) is 0 Å². The second kappa shape index (κ2) is 21.4. The highest BCUT2D eigenvalue weighted by atomic mass is 127. The van der Waals surface area contributed by atoms with Crippen LogP contribution in [0.4, 0.5) is 13.2 Å². The molecule has 0 aromatic heterocycles. The largest absolute Gasteiger partial charge is 0.507 e. The van der Waals surface area contributed by atoms with E-state index in [2.05, 4.69) is 0 Å². The summed E-state index contributed by atoms with van der Waals surface area (Å²) in [5.41, 5.74) is 1.84. The fourth-order valence-corrected chi connectivity index (χ4v) is 7.33. The highest BCUT2D eigenvalue weighted by Crippen LogP contribution is 2.24. The Kier molecular flexibility index (Phi) is 18.1. The third-order valence-corrected chi connectivity index (χ3v) is 11.7. The summed E-state index contributed by atoms with van der Waals surface area (Å²) < 4.78 is 108. The number of hydrogen-bond acceptors (Lipinski definition) is 9. The van der Waals surface area contributed by atoms with Gasteiger partial charge in [-0.25, -0.2) is 13.2 Å². The average molecular weight is 1110 g/mol. The normalized spacial score (nSPS) is 11.1. The molecule has 17 heteroatoms. The average Bonchev–Trinajstić information content (AvgIpc) is 3.09. The lowest BCUT2D eigenvalue weighted by atomic mass is 10.2. The lowest BCUT2D eigenvalue weighted by Gasteiger charge is -2.10. The van der Waals surface area contributed by atoms with Gasteiger partial charge in [0.05, 0.1) is 33.7 Å². The van der Waals surface area contributed by atoms with Crippen LogP contribution in [-0.2, 0) is 28.6 Å². The van der Waals surface area contributed by atoms with Gasteiger partial charge in [-0.15, -0.1) is 0 Å². The summed E-state index contributed by atoms with van der Waals surface area (Å²) in [4.78, 5) is 0.0176. The third-order valence-electron chi connectivity index (χ3n) is 6.48. The van der Waals surface area contributed by atoms with Crippen LogP contribution >= 0.6 is 67.8 Å². The molecule has 0 bridgehead atoms. The first kappa shape index (κ1) is 44.7. The van der Waals surface area contributed by atoms with Crippen molar-refractivity contribution in [1.29, 1.82) is 0 Å². The molecule has 0 heterocycles. The van der Waals surface area contributed by atoms with Gasteiger partial charge in [0.1, 0.15) is 47.9 Å². The van der Waals surface area contributed by atoms with E-state index in [0.717, 1.165) is 11.1 Å². The molecule has 0 unspecified atom stereocenters. The van der Waals surface area contributed by atoms with Gasteiger partial charge in [-0.1, -0.05) is 35.4 Å². The number of ether oxygens (including phenoxy) is 2. The van der Waals surface area contributed by atoms with Gasteiger partial charge in [-0.05, 0) is 160 Å². The molecule has 0 atom stereocenters. The molecule has 5 aromatic carbocycles. The number of rotatable bonds is 12. The summed E-state index contributed by atoms with van der Waals surface area (Å²) in [5, 5.41) is 8.87. The Bertz CT molecular complexity index is 2040. The minimum atomic E-state index is -3.94. The van der Waals surface area contributed by atoms with Crippen LogP contribution in [0.5, 0.6) is 17.2 Å². The second-order valence-electron chi connectivity index (χ2n) is 10.6. The van der Waals surface area contributed by atoms with Crippen molar-refractivity contribution in [3.8, 4) is 17.2 Å². The summed E-state index contributed by atoms with van der Waals surface area (Å²) >= 11 is 5.88. The Morgan fingerprint density at radius 3 is 1.17 bits per heavy atom. The maximum atomic E-state index is 12.9. The second-order valence-corrected chi connectivity index (χ2v) is 17.3. The zero-order valence-corrected chi connectivity index (χ0v) is 36.0. The van der Waals surface area contributed by atoms with E-state index in [1.807, 2.05) is 81.6 Å². The van der Waals surface area contributed by atoms with Gasteiger partial charge in [-0.2, -0.15) is 16.8 Å². The van der Waals surface area contributed by atoms with Gasteiger partial charge >= 0.3 is 0 Å². The maximum Gasteiger partial charge on any atom is 0.297 e. The van der Waals surface area contributed by atoms with Crippen molar-refractivity contribution < 1.29 is 53.0 Å². The number of benzene rings is 5. The van der Waals surface area contributed by atoms with Gasteiger partial charge in [0.25, 0.3) is 20.2 Å². The van der Waals surface area contributed by atoms with Crippen molar-refractivity contribution >= 4 is 88.0 Å².